The maximum absolute atomic E-state index is 3.38. The van der Waals surface area contributed by atoms with E-state index in [-0.39, 0.29) is 0 Å². The Morgan fingerprint density at radius 2 is 2.00 bits per heavy atom. The highest BCUT2D eigenvalue weighted by molar-refractivity contribution is 4.91. The van der Waals surface area contributed by atoms with Gasteiger partial charge in [0.2, 0.25) is 0 Å². The van der Waals surface area contributed by atoms with Crippen LogP contribution in [0.25, 0.3) is 0 Å². The summed E-state index contributed by atoms with van der Waals surface area (Å²) < 4.78 is 0. The van der Waals surface area contributed by atoms with Gasteiger partial charge in [0.1, 0.15) is 0 Å². The maximum atomic E-state index is 3.38. The molecule has 0 saturated heterocycles. The minimum atomic E-state index is 0.689. The fraction of sp³-hybridized carbons (Fsp3) is 1.00. The third kappa shape index (κ3) is 1.98. The molecule has 2 aliphatic carbocycles. The zero-order chi connectivity index (χ0) is 10.1. The molecular weight excluding hydrogens is 170 g/mol. The van der Waals surface area contributed by atoms with Gasteiger partial charge in [-0.1, -0.05) is 13.3 Å². The summed E-state index contributed by atoms with van der Waals surface area (Å²) >= 11 is 0. The van der Waals surface area contributed by atoms with Crippen molar-refractivity contribution in [2.24, 2.45) is 23.7 Å². The van der Waals surface area contributed by atoms with E-state index in [1.165, 1.54) is 19.3 Å². The van der Waals surface area contributed by atoms with Crippen LogP contribution in [0.2, 0.25) is 0 Å². The predicted molar refractivity (Wildman–Crippen MR) is 61.2 cm³/mol. The van der Waals surface area contributed by atoms with Gasteiger partial charge in [-0.25, -0.2) is 0 Å². The Morgan fingerprint density at radius 1 is 1.21 bits per heavy atom. The van der Waals surface area contributed by atoms with Gasteiger partial charge in [-0.2, -0.15) is 0 Å². The second-order valence-electron chi connectivity index (χ2n) is 5.73. The lowest BCUT2D eigenvalue weighted by molar-refractivity contribution is 0.251. The van der Waals surface area contributed by atoms with Gasteiger partial charge in [-0.15, -0.1) is 0 Å². The highest BCUT2D eigenvalue weighted by Crippen LogP contribution is 2.50. The Kier molecular flexibility index (Phi) is 3.16. The van der Waals surface area contributed by atoms with E-state index in [1.54, 1.807) is 12.8 Å². The van der Waals surface area contributed by atoms with Gasteiger partial charge in [-0.05, 0) is 63.3 Å². The van der Waals surface area contributed by atoms with E-state index in [2.05, 4.69) is 26.2 Å². The van der Waals surface area contributed by atoms with Crippen LogP contribution in [-0.4, -0.2) is 13.1 Å². The number of nitrogens with one attached hydrogen (secondary N) is 1. The molecule has 2 aliphatic rings. The molecule has 1 heteroatoms. The highest BCUT2D eigenvalue weighted by Gasteiger charge is 2.39. The third-order valence-corrected chi connectivity index (χ3v) is 4.87. The molecule has 2 rings (SSSR count). The average molecular weight is 195 g/mol. The Balaban J connectivity index is 1.80. The van der Waals surface area contributed by atoms with Crippen molar-refractivity contribution in [1.82, 2.24) is 5.32 Å². The monoisotopic (exact) mass is 195 g/mol. The van der Waals surface area contributed by atoms with Crippen molar-refractivity contribution in [3.05, 3.63) is 0 Å². The van der Waals surface area contributed by atoms with Gasteiger partial charge in [0, 0.05) is 6.04 Å². The van der Waals surface area contributed by atoms with Crippen LogP contribution in [0.3, 0.4) is 0 Å². The van der Waals surface area contributed by atoms with Crippen LogP contribution in [0, 0.1) is 23.7 Å². The summed E-state index contributed by atoms with van der Waals surface area (Å²) in [6.45, 7) is 4.73. The molecule has 0 spiro atoms. The van der Waals surface area contributed by atoms with E-state index in [0.717, 1.165) is 23.7 Å². The van der Waals surface area contributed by atoms with Gasteiger partial charge in [0.15, 0.2) is 0 Å². The summed E-state index contributed by atoms with van der Waals surface area (Å²) in [6, 6.07) is 0.689. The molecule has 5 unspecified atom stereocenters. The zero-order valence-corrected chi connectivity index (χ0v) is 9.92. The summed E-state index contributed by atoms with van der Waals surface area (Å²) in [5, 5.41) is 3.38. The number of fused-ring (bicyclic) bond motifs is 2. The van der Waals surface area contributed by atoms with Crippen molar-refractivity contribution in [2.45, 2.75) is 52.0 Å². The lowest BCUT2D eigenvalue weighted by atomic mass is 9.81. The molecule has 14 heavy (non-hydrogen) atoms. The molecule has 0 heterocycles. The molecule has 82 valence electrons. The molecular formula is C13H25N. The summed E-state index contributed by atoms with van der Waals surface area (Å²) in [7, 11) is 2.09. The molecule has 5 atom stereocenters. The van der Waals surface area contributed by atoms with Crippen LogP contribution in [0.1, 0.15) is 46.0 Å². The van der Waals surface area contributed by atoms with Gasteiger partial charge in [0.25, 0.3) is 0 Å². The Labute approximate surface area is 88.7 Å². The van der Waals surface area contributed by atoms with Gasteiger partial charge in [0.05, 0.1) is 0 Å². The second kappa shape index (κ2) is 4.22. The van der Waals surface area contributed by atoms with Crippen molar-refractivity contribution >= 4 is 0 Å². The SMILES string of the molecule is CNC(C)C(C)CC1CC2CCC1C2. The minimum Gasteiger partial charge on any atom is -0.317 e. The van der Waals surface area contributed by atoms with Gasteiger partial charge >= 0.3 is 0 Å². The third-order valence-electron chi connectivity index (χ3n) is 4.87. The zero-order valence-electron chi connectivity index (χ0n) is 9.92. The largest absolute Gasteiger partial charge is 0.317 e. The van der Waals surface area contributed by atoms with Crippen molar-refractivity contribution in [2.75, 3.05) is 7.05 Å². The van der Waals surface area contributed by atoms with E-state index < -0.39 is 0 Å². The Hall–Kier alpha value is -0.0400. The van der Waals surface area contributed by atoms with Crippen LogP contribution in [0.4, 0.5) is 0 Å². The first kappa shape index (κ1) is 10.5. The van der Waals surface area contributed by atoms with Crippen LogP contribution in [0.5, 0.6) is 0 Å². The molecule has 0 aromatic heterocycles. The van der Waals surface area contributed by atoms with Crippen LogP contribution >= 0.6 is 0 Å². The lowest BCUT2D eigenvalue weighted by Crippen LogP contribution is -2.30. The molecule has 0 amide bonds. The molecule has 1 nitrogen and oxygen atoms in total. The van der Waals surface area contributed by atoms with E-state index in [0.29, 0.717) is 6.04 Å². The molecule has 0 aromatic carbocycles. The number of rotatable bonds is 4. The molecule has 2 bridgehead atoms. The second-order valence-corrected chi connectivity index (χ2v) is 5.73. The first-order chi connectivity index (χ1) is 6.70. The molecule has 2 saturated carbocycles. The maximum Gasteiger partial charge on any atom is 0.00614 e. The average Bonchev–Trinajstić information content (AvgIpc) is 2.77. The van der Waals surface area contributed by atoms with E-state index >= 15 is 0 Å². The Bertz CT molecular complexity index is 190. The fourth-order valence-electron chi connectivity index (χ4n) is 3.63. The quantitative estimate of drug-likeness (QED) is 0.727. The molecule has 0 radical (unpaired) electrons. The highest BCUT2D eigenvalue weighted by atomic mass is 14.9. The molecule has 2 fully saturated rings. The van der Waals surface area contributed by atoms with E-state index in [1.807, 2.05) is 0 Å². The Morgan fingerprint density at radius 3 is 2.50 bits per heavy atom. The number of hydrogen-bond acceptors (Lipinski definition) is 1. The molecule has 0 aromatic rings. The van der Waals surface area contributed by atoms with Gasteiger partial charge in [-0.3, -0.25) is 0 Å². The van der Waals surface area contributed by atoms with Gasteiger partial charge < -0.3 is 5.32 Å². The van der Waals surface area contributed by atoms with E-state index in [9.17, 15) is 0 Å². The van der Waals surface area contributed by atoms with E-state index in [4.69, 9.17) is 0 Å². The topological polar surface area (TPSA) is 12.0 Å². The predicted octanol–water partition coefficient (Wildman–Crippen LogP) is 3.06. The smallest absolute Gasteiger partial charge is 0.00614 e. The standard InChI is InChI=1S/C13H25N/c1-9(10(2)14-3)6-13-8-11-4-5-12(13)7-11/h9-14H,4-8H2,1-3H3. The lowest BCUT2D eigenvalue weighted by Gasteiger charge is -2.27. The first-order valence-corrected chi connectivity index (χ1v) is 6.38. The minimum absolute atomic E-state index is 0.689. The fourth-order valence-corrected chi connectivity index (χ4v) is 3.63. The summed E-state index contributed by atoms with van der Waals surface area (Å²) in [4.78, 5) is 0. The first-order valence-electron chi connectivity index (χ1n) is 6.38. The van der Waals surface area contributed by atoms with Crippen LogP contribution in [0.15, 0.2) is 0 Å². The normalized spacial score (nSPS) is 40.1. The van der Waals surface area contributed by atoms with Crippen molar-refractivity contribution in [3.8, 4) is 0 Å². The summed E-state index contributed by atoms with van der Waals surface area (Å²) in [6.07, 6.45) is 7.65. The van der Waals surface area contributed by atoms with Crippen LogP contribution in [-0.2, 0) is 0 Å². The molecule has 0 aliphatic heterocycles. The molecule has 1 N–H and O–H groups in total. The van der Waals surface area contributed by atoms with Crippen LogP contribution < -0.4 is 5.32 Å². The number of hydrogen-bond donors (Lipinski definition) is 1. The summed E-state index contributed by atoms with van der Waals surface area (Å²) in [5.74, 6) is 4.14. The van der Waals surface area contributed by atoms with Crippen molar-refractivity contribution < 1.29 is 0 Å². The van der Waals surface area contributed by atoms with Crippen molar-refractivity contribution in [1.29, 1.82) is 0 Å². The summed E-state index contributed by atoms with van der Waals surface area (Å²) in [5.41, 5.74) is 0. The van der Waals surface area contributed by atoms with Crippen molar-refractivity contribution in [3.63, 3.8) is 0 Å².